The number of aliphatic carboxylic acids is 1. The molecule has 9 nitrogen and oxygen atoms in total. The molecule has 12 heteroatoms. The molecule has 1 atom stereocenters. The number of carboxylic acid groups (broad SMARTS) is 1. The van der Waals surface area contributed by atoms with Crippen LogP contribution in [0, 0.1) is 13.3 Å². The van der Waals surface area contributed by atoms with Gasteiger partial charge in [0.25, 0.3) is 0 Å². The molecule has 1 rings (SSSR count). The molecule has 0 unspecified atom stereocenters. The predicted octanol–water partition coefficient (Wildman–Crippen LogP) is 0.932. The van der Waals surface area contributed by atoms with E-state index in [0.717, 1.165) is 51.4 Å². The van der Waals surface area contributed by atoms with Gasteiger partial charge in [-0.3, -0.25) is 14.4 Å². The fourth-order valence-electron chi connectivity index (χ4n) is 4.99. The van der Waals surface area contributed by atoms with Crippen molar-refractivity contribution in [3.63, 3.8) is 0 Å². The molecule has 244 valence electrons. The van der Waals surface area contributed by atoms with Crippen LogP contribution in [0.4, 0.5) is 0 Å². The summed E-state index contributed by atoms with van der Waals surface area (Å²) in [7, 11) is -3.56. The summed E-state index contributed by atoms with van der Waals surface area (Å²) in [4.78, 5) is 35.1. The number of hydrogen-bond acceptors (Lipinski definition) is 7. The molecule has 1 amide bonds. The molecule has 0 bridgehead atoms. The van der Waals surface area contributed by atoms with E-state index in [1.165, 1.54) is 69.6 Å². The van der Waals surface area contributed by atoms with E-state index in [1.807, 2.05) is 0 Å². The van der Waals surface area contributed by atoms with Crippen molar-refractivity contribution < 1.29 is 91.0 Å². The van der Waals surface area contributed by atoms with Crippen LogP contribution in [-0.2, 0) is 9.59 Å². The van der Waals surface area contributed by atoms with Gasteiger partial charge >= 0.3 is 71.6 Å². The van der Waals surface area contributed by atoms with Crippen molar-refractivity contribution in [2.45, 2.75) is 129 Å². The maximum atomic E-state index is 12.5. The summed E-state index contributed by atoms with van der Waals surface area (Å²) >= 11 is 0. The smallest absolute Gasteiger partial charge is 0.481 e. The average molecular weight is 644 g/mol. The number of hydrogen-bond donors (Lipinski definition) is 6. The molecule has 0 aromatic heterocycles. The normalized spacial score (nSPS) is 11.2. The summed E-state index contributed by atoms with van der Waals surface area (Å²) in [5, 5.41) is 49.3. The molecule has 0 aliphatic heterocycles. The van der Waals surface area contributed by atoms with Crippen LogP contribution in [0.2, 0.25) is 0 Å². The van der Waals surface area contributed by atoms with Crippen molar-refractivity contribution >= 4 is 42.8 Å². The second kappa shape index (κ2) is 28.6. The maximum absolute atomic E-state index is 12.5. The summed E-state index contributed by atoms with van der Waals surface area (Å²) < 4.78 is 0. The zero-order valence-electron chi connectivity index (χ0n) is 27.6. The SMILES string of the molecule is C[C@@H](CCCCNC(=O)CCCCCCCCCCCCCCCCC(=O)c1cc(B(O)O)cc(B(O)O)c1)C(=O)O.[CH3-].[K+]. The van der Waals surface area contributed by atoms with Gasteiger partial charge in [0.2, 0.25) is 5.91 Å². The first-order chi connectivity index (χ1) is 20.1. The van der Waals surface area contributed by atoms with Gasteiger partial charge in [-0.05, 0) is 36.6 Å². The van der Waals surface area contributed by atoms with Crippen molar-refractivity contribution in [1.82, 2.24) is 5.32 Å². The number of amides is 1. The van der Waals surface area contributed by atoms with Crippen LogP contribution in [0.25, 0.3) is 0 Å². The molecule has 1 aromatic carbocycles. The van der Waals surface area contributed by atoms with Gasteiger partial charge in [0.1, 0.15) is 0 Å². The van der Waals surface area contributed by atoms with Crippen molar-refractivity contribution in [2.24, 2.45) is 5.92 Å². The third-order valence-corrected chi connectivity index (χ3v) is 7.76. The van der Waals surface area contributed by atoms with Crippen molar-refractivity contribution in [3.05, 3.63) is 31.2 Å². The molecule has 0 aliphatic rings. The van der Waals surface area contributed by atoms with Crippen molar-refractivity contribution in [3.8, 4) is 0 Å². The molecule has 1 aromatic rings. The fraction of sp³-hybridized carbons (Fsp3) is 0.688. The maximum Gasteiger partial charge on any atom is 1.00 e. The Bertz CT molecular complexity index is 894. The number of unbranched alkanes of at least 4 members (excludes halogenated alkanes) is 14. The van der Waals surface area contributed by atoms with Crippen LogP contribution in [-0.4, -0.2) is 63.6 Å². The number of ketones is 1. The van der Waals surface area contributed by atoms with E-state index in [9.17, 15) is 34.5 Å². The molecule has 44 heavy (non-hydrogen) atoms. The van der Waals surface area contributed by atoms with E-state index < -0.39 is 20.2 Å². The molecular weight excluding hydrogens is 587 g/mol. The zero-order valence-corrected chi connectivity index (χ0v) is 30.7. The molecular formula is C32H56B2KNO8. The second-order valence-electron chi connectivity index (χ2n) is 11.6. The Balaban J connectivity index is 0. The van der Waals surface area contributed by atoms with Gasteiger partial charge in [-0.2, -0.15) is 0 Å². The quantitative estimate of drug-likeness (QED) is 0.0376. The number of carboxylic acids is 1. The molecule has 0 radical (unpaired) electrons. The number of benzene rings is 1. The fourth-order valence-corrected chi connectivity index (χ4v) is 4.99. The van der Waals surface area contributed by atoms with Crippen molar-refractivity contribution in [1.29, 1.82) is 0 Å². The number of rotatable bonds is 26. The largest absolute Gasteiger partial charge is 1.00 e. The van der Waals surface area contributed by atoms with Crippen molar-refractivity contribution in [2.75, 3.05) is 6.54 Å². The van der Waals surface area contributed by atoms with Gasteiger partial charge in [-0.1, -0.05) is 109 Å². The van der Waals surface area contributed by atoms with E-state index in [1.54, 1.807) is 6.92 Å². The zero-order chi connectivity index (χ0) is 31.2. The van der Waals surface area contributed by atoms with E-state index in [2.05, 4.69) is 5.32 Å². The van der Waals surface area contributed by atoms with E-state index in [-0.39, 0.29) is 92.9 Å². The molecule has 0 fully saturated rings. The van der Waals surface area contributed by atoms with Gasteiger partial charge in [-0.25, -0.2) is 0 Å². The van der Waals surface area contributed by atoms with Crippen LogP contribution in [0.15, 0.2) is 18.2 Å². The van der Waals surface area contributed by atoms with Gasteiger partial charge in [0.05, 0.1) is 5.92 Å². The summed E-state index contributed by atoms with van der Waals surface area (Å²) in [6.07, 6.45) is 19.0. The van der Waals surface area contributed by atoms with Gasteiger partial charge in [0, 0.05) is 24.9 Å². The first kappa shape index (κ1) is 45.6. The topological polar surface area (TPSA) is 164 Å². The summed E-state index contributed by atoms with van der Waals surface area (Å²) in [5.41, 5.74) is 0.396. The molecule has 0 aliphatic carbocycles. The van der Waals surface area contributed by atoms with Crippen LogP contribution < -0.4 is 67.6 Å². The van der Waals surface area contributed by atoms with Crippen LogP contribution in [0.5, 0.6) is 0 Å². The summed E-state index contributed by atoms with van der Waals surface area (Å²) in [5.74, 6) is -1.13. The molecule has 0 saturated heterocycles. The van der Waals surface area contributed by atoms with Crippen LogP contribution in [0.1, 0.15) is 139 Å². The van der Waals surface area contributed by atoms with Gasteiger partial charge in [-0.15, -0.1) is 0 Å². The minimum absolute atomic E-state index is 0. The third kappa shape index (κ3) is 22.9. The van der Waals surface area contributed by atoms with Crippen LogP contribution in [0.3, 0.4) is 0 Å². The Kier molecular flexibility index (Phi) is 29.7. The Morgan fingerprint density at radius 2 is 1.07 bits per heavy atom. The summed E-state index contributed by atoms with van der Waals surface area (Å²) in [6.45, 7) is 2.34. The summed E-state index contributed by atoms with van der Waals surface area (Å²) in [6, 6.07) is 4.04. The minimum atomic E-state index is -1.78. The average Bonchev–Trinajstić information content (AvgIpc) is 2.96. The molecule has 0 heterocycles. The minimum Gasteiger partial charge on any atom is -0.481 e. The number of carbonyl (C=O) groups is 3. The predicted molar refractivity (Wildman–Crippen MR) is 174 cm³/mol. The first-order valence-corrected chi connectivity index (χ1v) is 16.0. The Hall–Kier alpha value is -0.564. The Morgan fingerprint density at radius 3 is 1.48 bits per heavy atom. The number of carbonyl (C=O) groups excluding carboxylic acids is 2. The Morgan fingerprint density at radius 1 is 0.659 bits per heavy atom. The van der Waals surface area contributed by atoms with Gasteiger partial charge < -0.3 is 37.9 Å². The number of nitrogens with one attached hydrogen (secondary N) is 1. The monoisotopic (exact) mass is 643 g/mol. The molecule has 6 N–H and O–H groups in total. The third-order valence-electron chi connectivity index (χ3n) is 7.76. The van der Waals surface area contributed by atoms with Gasteiger partial charge in [0.15, 0.2) is 5.78 Å². The van der Waals surface area contributed by atoms with E-state index in [4.69, 9.17) is 5.11 Å². The Labute approximate surface area is 309 Å². The standard InChI is InChI=1S/C31H53B2NO8.CH3.K/c1-25(31(37)38)18-16-17-21-34-30(36)20-15-13-11-9-7-5-3-2-4-6-8-10-12-14-19-29(35)26-22-27(32(39)40)24-28(23-26)33(41)42;;/h22-25,39-42H,2-21H2,1H3,(H,34,36)(H,37,38);1H3;/q;-1;+1/t25-;;/m0../s1. The number of Topliss-reactive ketones (excluding diaryl/α,β-unsaturated/α-hetero) is 1. The first-order valence-electron chi connectivity index (χ1n) is 16.0. The van der Waals surface area contributed by atoms with Crippen LogP contribution >= 0.6 is 0 Å². The second-order valence-corrected chi connectivity index (χ2v) is 11.6. The molecule has 0 spiro atoms. The molecule has 0 saturated carbocycles. The van der Waals surface area contributed by atoms with E-state index >= 15 is 0 Å². The van der Waals surface area contributed by atoms with E-state index in [0.29, 0.717) is 25.8 Å².